The van der Waals surface area contributed by atoms with Gasteiger partial charge in [-0.05, 0) is 61.9 Å². The highest BCUT2D eigenvalue weighted by Gasteiger charge is 2.41. The summed E-state index contributed by atoms with van der Waals surface area (Å²) in [6.45, 7) is 13.9. The summed E-state index contributed by atoms with van der Waals surface area (Å²) in [6.07, 6.45) is 10.1. The zero-order chi connectivity index (χ0) is 23.6. The highest BCUT2D eigenvalue weighted by Crippen LogP contribution is 2.34. The first-order valence-corrected chi connectivity index (χ1v) is 17.3. The molecule has 0 saturated heterocycles. The number of carbonyl (C=O) groups excluding carboxylic acids is 2. The van der Waals surface area contributed by atoms with Crippen LogP contribution in [0, 0.1) is 0 Å². The number of hydrogen-bond donors (Lipinski definition) is 0. The molecule has 0 aromatic rings. The summed E-state index contributed by atoms with van der Waals surface area (Å²) < 4.78 is 17.8. The molecule has 180 valence electrons. The molecule has 0 atom stereocenters. The van der Waals surface area contributed by atoms with Gasteiger partial charge in [0, 0.05) is 12.2 Å². The summed E-state index contributed by atoms with van der Waals surface area (Å²) in [7, 11) is -3.77. The summed E-state index contributed by atoms with van der Waals surface area (Å²) in [4.78, 5) is 23.4. The van der Waals surface area contributed by atoms with Gasteiger partial charge in [-0.2, -0.15) is 0 Å². The summed E-state index contributed by atoms with van der Waals surface area (Å²) >= 11 is 0. The lowest BCUT2D eigenvalue weighted by Gasteiger charge is -2.41. The Hall–Kier alpha value is -1.19. The Morgan fingerprint density at radius 2 is 1.00 bits per heavy atom. The molecule has 0 N–H and O–H groups in total. The predicted molar refractivity (Wildman–Crippen MR) is 134 cm³/mol. The third-order valence-corrected chi connectivity index (χ3v) is 17.2. The van der Waals surface area contributed by atoms with Crippen molar-refractivity contribution in [2.45, 2.75) is 103 Å². The number of esters is 2. The molecule has 0 rings (SSSR count). The van der Waals surface area contributed by atoms with Crippen molar-refractivity contribution in [1.82, 2.24) is 0 Å². The smallest absolute Gasteiger partial charge is 0.330 e. The standard InChI is InChI=1S/C24H46O5Si2/c1-7-13-17-23(25)27-19-15-21-30(9-3,10-4)29-31(11-5,12-6)22-16-20-28-24(26)18-14-8-2/h13-14,17-18H,7-12,15-16,19-22H2,1-6H3. The number of rotatable bonds is 18. The predicted octanol–water partition coefficient (Wildman–Crippen LogP) is 6.77. The molecule has 0 heterocycles. The van der Waals surface area contributed by atoms with Crippen LogP contribution >= 0.6 is 0 Å². The molecule has 0 aliphatic heterocycles. The second-order valence-corrected chi connectivity index (χ2v) is 17.4. The number of hydrogen-bond acceptors (Lipinski definition) is 5. The van der Waals surface area contributed by atoms with E-state index in [9.17, 15) is 9.59 Å². The first-order chi connectivity index (χ1) is 14.9. The van der Waals surface area contributed by atoms with Gasteiger partial charge < -0.3 is 13.6 Å². The maximum absolute atomic E-state index is 11.7. The fourth-order valence-corrected chi connectivity index (χ4v) is 14.5. The molecule has 0 saturated carbocycles. The Morgan fingerprint density at radius 1 is 0.645 bits per heavy atom. The van der Waals surface area contributed by atoms with Gasteiger partial charge in [0.1, 0.15) is 0 Å². The molecular formula is C24H46O5Si2. The quantitative estimate of drug-likeness (QED) is 0.0957. The molecule has 0 aliphatic rings. The van der Waals surface area contributed by atoms with E-state index in [-0.39, 0.29) is 11.9 Å². The van der Waals surface area contributed by atoms with Crippen LogP contribution in [0.2, 0.25) is 36.3 Å². The summed E-state index contributed by atoms with van der Waals surface area (Å²) in [6, 6.07) is 6.38. The molecule has 5 nitrogen and oxygen atoms in total. The minimum atomic E-state index is -1.88. The summed E-state index contributed by atoms with van der Waals surface area (Å²) in [5.41, 5.74) is 0. The van der Waals surface area contributed by atoms with E-state index in [1.165, 1.54) is 12.2 Å². The molecule has 0 aliphatic carbocycles. The van der Waals surface area contributed by atoms with E-state index in [1.54, 1.807) is 0 Å². The van der Waals surface area contributed by atoms with Gasteiger partial charge in [-0.3, -0.25) is 0 Å². The lowest BCUT2D eigenvalue weighted by Crippen LogP contribution is -2.50. The monoisotopic (exact) mass is 470 g/mol. The van der Waals surface area contributed by atoms with Crippen LogP contribution in [-0.4, -0.2) is 41.8 Å². The van der Waals surface area contributed by atoms with Crippen molar-refractivity contribution in [3.8, 4) is 0 Å². The summed E-state index contributed by atoms with van der Waals surface area (Å²) in [5.74, 6) is -0.505. The van der Waals surface area contributed by atoms with E-state index in [0.29, 0.717) is 13.2 Å². The Bertz CT molecular complexity index is 504. The van der Waals surface area contributed by atoms with Crippen molar-refractivity contribution in [2.24, 2.45) is 0 Å². The van der Waals surface area contributed by atoms with Crippen LogP contribution in [0.1, 0.15) is 67.2 Å². The first kappa shape index (κ1) is 29.8. The molecule has 0 amide bonds. The normalized spacial score (nSPS) is 12.6. The molecule has 7 heteroatoms. The highest BCUT2D eigenvalue weighted by molar-refractivity contribution is 6.87. The van der Waals surface area contributed by atoms with Crippen LogP contribution in [-0.2, 0) is 23.2 Å². The van der Waals surface area contributed by atoms with E-state index < -0.39 is 16.6 Å². The van der Waals surface area contributed by atoms with E-state index >= 15 is 0 Å². The minimum Gasteiger partial charge on any atom is -0.463 e. The first-order valence-electron chi connectivity index (χ1n) is 12.2. The zero-order valence-corrected chi connectivity index (χ0v) is 22.8. The third-order valence-electron chi connectivity index (χ3n) is 6.03. The van der Waals surface area contributed by atoms with Gasteiger partial charge in [-0.1, -0.05) is 53.7 Å². The lowest BCUT2D eigenvalue weighted by molar-refractivity contribution is -0.138. The second kappa shape index (κ2) is 17.4. The SMILES string of the molecule is CCC=CC(=O)OCCC[Si](CC)(CC)O[Si](CC)(CC)CCCOC(=O)C=CCC. The van der Waals surface area contributed by atoms with Crippen LogP contribution < -0.4 is 0 Å². The molecule has 0 bridgehead atoms. The fraction of sp³-hybridized carbons (Fsp3) is 0.750. The Morgan fingerprint density at radius 3 is 1.29 bits per heavy atom. The maximum Gasteiger partial charge on any atom is 0.330 e. The zero-order valence-electron chi connectivity index (χ0n) is 20.8. The van der Waals surface area contributed by atoms with Gasteiger partial charge >= 0.3 is 11.9 Å². The van der Waals surface area contributed by atoms with Gasteiger partial charge in [0.2, 0.25) is 0 Å². The van der Waals surface area contributed by atoms with Gasteiger partial charge in [-0.25, -0.2) is 9.59 Å². The summed E-state index contributed by atoms with van der Waals surface area (Å²) in [5, 5.41) is 0. The molecule has 0 aromatic carbocycles. The van der Waals surface area contributed by atoms with Crippen LogP contribution in [0.15, 0.2) is 24.3 Å². The minimum absolute atomic E-state index is 0.253. The average Bonchev–Trinajstić information content (AvgIpc) is 2.80. The van der Waals surface area contributed by atoms with Crippen molar-refractivity contribution in [1.29, 1.82) is 0 Å². The Balaban J connectivity index is 4.82. The van der Waals surface area contributed by atoms with Crippen LogP contribution in [0.3, 0.4) is 0 Å². The van der Waals surface area contributed by atoms with Crippen LogP contribution in [0.25, 0.3) is 0 Å². The van der Waals surface area contributed by atoms with E-state index in [4.69, 9.17) is 13.6 Å². The number of carbonyl (C=O) groups is 2. The third kappa shape index (κ3) is 12.4. The van der Waals surface area contributed by atoms with Gasteiger partial charge in [0.25, 0.3) is 0 Å². The molecule has 0 spiro atoms. The Labute approximate surface area is 192 Å². The van der Waals surface area contributed by atoms with Crippen molar-refractivity contribution >= 4 is 28.6 Å². The number of allylic oxidation sites excluding steroid dienone is 2. The van der Waals surface area contributed by atoms with E-state index in [0.717, 1.165) is 61.9 Å². The van der Waals surface area contributed by atoms with Crippen molar-refractivity contribution in [3.05, 3.63) is 24.3 Å². The van der Waals surface area contributed by atoms with Crippen molar-refractivity contribution in [3.63, 3.8) is 0 Å². The van der Waals surface area contributed by atoms with Gasteiger partial charge in [0.05, 0.1) is 13.2 Å². The molecule has 31 heavy (non-hydrogen) atoms. The molecular weight excluding hydrogens is 424 g/mol. The van der Waals surface area contributed by atoms with E-state index in [1.807, 2.05) is 26.0 Å². The highest BCUT2D eigenvalue weighted by atomic mass is 28.4. The largest absolute Gasteiger partial charge is 0.463 e. The van der Waals surface area contributed by atoms with Crippen LogP contribution in [0.4, 0.5) is 0 Å². The fourth-order valence-electron chi connectivity index (χ4n) is 3.72. The van der Waals surface area contributed by atoms with Crippen molar-refractivity contribution < 1.29 is 23.2 Å². The molecule has 0 radical (unpaired) electrons. The molecule has 0 aromatic heterocycles. The van der Waals surface area contributed by atoms with Gasteiger partial charge in [-0.15, -0.1) is 0 Å². The van der Waals surface area contributed by atoms with Gasteiger partial charge in [0.15, 0.2) is 16.6 Å². The maximum atomic E-state index is 11.7. The van der Waals surface area contributed by atoms with Crippen LogP contribution in [0.5, 0.6) is 0 Å². The molecule has 0 fully saturated rings. The van der Waals surface area contributed by atoms with Crippen molar-refractivity contribution in [2.75, 3.05) is 13.2 Å². The topological polar surface area (TPSA) is 61.8 Å². The Kier molecular flexibility index (Phi) is 16.7. The van der Waals surface area contributed by atoms with E-state index in [2.05, 4.69) is 27.7 Å². The second-order valence-electron chi connectivity index (χ2n) is 8.05. The number of ether oxygens (including phenoxy) is 2. The molecule has 0 unspecified atom stereocenters. The average molecular weight is 471 g/mol. The lowest BCUT2D eigenvalue weighted by atomic mass is 10.4.